The van der Waals surface area contributed by atoms with Crippen LogP contribution in [0.5, 0.6) is 0 Å². The largest absolute Gasteiger partial charge is 0.401 e. The topological polar surface area (TPSA) is 48.5 Å². The molecule has 0 bridgehead atoms. The summed E-state index contributed by atoms with van der Waals surface area (Å²) in [6.45, 7) is 0.302. The number of amides is 1. The molecule has 3 rings (SSSR count). The molecule has 1 aliphatic heterocycles. The van der Waals surface area contributed by atoms with Crippen LogP contribution < -0.4 is 5.32 Å². The zero-order valence-electron chi connectivity index (χ0n) is 14.6. The number of carbonyl (C=O) groups is 1. The predicted octanol–water partition coefficient (Wildman–Crippen LogP) is 3.21. The van der Waals surface area contributed by atoms with Crippen LogP contribution in [0.15, 0.2) is 23.6 Å². The molecule has 11 heteroatoms. The van der Waals surface area contributed by atoms with Gasteiger partial charge in [-0.3, -0.25) is 14.6 Å². The number of halogens is 5. The molecule has 1 aromatic heterocycles. The first-order valence-electron chi connectivity index (χ1n) is 8.42. The van der Waals surface area contributed by atoms with Crippen molar-refractivity contribution in [2.45, 2.75) is 6.18 Å². The Morgan fingerprint density at radius 2 is 1.79 bits per heavy atom. The van der Waals surface area contributed by atoms with Gasteiger partial charge in [0.1, 0.15) is 0 Å². The molecule has 0 radical (unpaired) electrons. The van der Waals surface area contributed by atoms with E-state index in [1.54, 1.807) is 10.3 Å². The van der Waals surface area contributed by atoms with Crippen molar-refractivity contribution in [3.63, 3.8) is 0 Å². The van der Waals surface area contributed by atoms with E-state index in [0.717, 1.165) is 23.5 Å². The second-order valence-electron chi connectivity index (χ2n) is 6.38. The molecular formula is C17H17F5N4OS. The Balaban J connectivity index is 1.49. The summed E-state index contributed by atoms with van der Waals surface area (Å²) in [5, 5.41) is 4.54. The fourth-order valence-electron chi connectivity index (χ4n) is 2.84. The molecule has 2 heterocycles. The van der Waals surface area contributed by atoms with E-state index in [0.29, 0.717) is 29.5 Å². The highest BCUT2D eigenvalue weighted by Gasteiger charge is 2.32. The fraction of sp³-hybridized carbons (Fsp3) is 0.412. The summed E-state index contributed by atoms with van der Waals surface area (Å²) >= 11 is 1.14. The van der Waals surface area contributed by atoms with Crippen LogP contribution in [0.25, 0.3) is 11.3 Å². The molecule has 0 spiro atoms. The summed E-state index contributed by atoms with van der Waals surface area (Å²) < 4.78 is 63.5. The smallest absolute Gasteiger partial charge is 0.301 e. The lowest BCUT2D eigenvalue weighted by Gasteiger charge is -2.34. The number of anilines is 1. The third-order valence-corrected chi connectivity index (χ3v) is 4.96. The molecule has 1 saturated heterocycles. The van der Waals surface area contributed by atoms with Gasteiger partial charge in [0.2, 0.25) is 5.91 Å². The molecule has 0 unspecified atom stereocenters. The lowest BCUT2D eigenvalue weighted by molar-refractivity contribution is -0.149. The third kappa shape index (κ3) is 5.69. The number of hydrogen-bond donors (Lipinski definition) is 1. The van der Waals surface area contributed by atoms with E-state index in [4.69, 9.17) is 0 Å². The molecule has 1 amide bonds. The van der Waals surface area contributed by atoms with Gasteiger partial charge >= 0.3 is 6.18 Å². The Labute approximate surface area is 161 Å². The van der Waals surface area contributed by atoms with Crippen molar-refractivity contribution in [2.24, 2.45) is 0 Å². The summed E-state index contributed by atoms with van der Waals surface area (Å²) in [5.74, 6) is -2.28. The minimum Gasteiger partial charge on any atom is -0.301 e. The maximum absolute atomic E-state index is 13.3. The maximum atomic E-state index is 13.3. The van der Waals surface area contributed by atoms with Crippen LogP contribution in [0.4, 0.5) is 27.1 Å². The van der Waals surface area contributed by atoms with Gasteiger partial charge < -0.3 is 5.32 Å². The number of nitrogens with zero attached hydrogens (tertiary/aromatic N) is 3. The van der Waals surface area contributed by atoms with E-state index >= 15 is 0 Å². The number of alkyl halides is 3. The predicted molar refractivity (Wildman–Crippen MR) is 95.0 cm³/mol. The molecule has 1 aromatic carbocycles. The number of benzene rings is 1. The van der Waals surface area contributed by atoms with Crippen molar-refractivity contribution in [2.75, 3.05) is 44.6 Å². The highest BCUT2D eigenvalue weighted by atomic mass is 32.1. The molecule has 28 heavy (non-hydrogen) atoms. The monoisotopic (exact) mass is 420 g/mol. The first kappa shape index (κ1) is 20.6. The van der Waals surface area contributed by atoms with E-state index in [1.165, 1.54) is 11.0 Å². The minimum atomic E-state index is -4.23. The lowest BCUT2D eigenvalue weighted by atomic mass is 10.2. The van der Waals surface area contributed by atoms with Crippen LogP contribution in [0.3, 0.4) is 0 Å². The number of rotatable bonds is 5. The molecular weight excluding hydrogens is 403 g/mol. The normalized spacial score (nSPS) is 16.3. The first-order chi connectivity index (χ1) is 13.2. The molecule has 1 N–H and O–H groups in total. The van der Waals surface area contributed by atoms with Crippen molar-refractivity contribution in [3.05, 3.63) is 35.2 Å². The lowest BCUT2D eigenvalue weighted by Crippen LogP contribution is -2.50. The molecule has 1 aliphatic rings. The second kappa shape index (κ2) is 8.50. The SMILES string of the molecule is O=C(CN1CCN(CC(F)(F)F)CC1)Nc1nc(-c2ccc(F)c(F)c2)cs1. The standard InChI is InChI=1S/C17H17F5N4OS/c18-12-2-1-11(7-13(12)19)14-9-28-16(23-14)24-15(27)8-25-3-5-26(6-4-25)10-17(20,21)22/h1-2,7,9H,3-6,8,10H2,(H,23,24,27). The number of thiazole rings is 1. The molecule has 1 fully saturated rings. The number of nitrogens with one attached hydrogen (secondary N) is 1. The second-order valence-corrected chi connectivity index (χ2v) is 7.24. The van der Waals surface area contributed by atoms with Gasteiger partial charge in [-0.15, -0.1) is 11.3 Å². The van der Waals surface area contributed by atoms with Crippen LogP contribution >= 0.6 is 11.3 Å². The van der Waals surface area contributed by atoms with Gasteiger partial charge in [0, 0.05) is 37.1 Å². The van der Waals surface area contributed by atoms with Gasteiger partial charge in [0.25, 0.3) is 0 Å². The number of carbonyl (C=O) groups excluding carboxylic acids is 1. The summed E-state index contributed by atoms with van der Waals surface area (Å²) in [6, 6.07) is 3.41. The van der Waals surface area contributed by atoms with Gasteiger partial charge in [-0.25, -0.2) is 13.8 Å². The van der Waals surface area contributed by atoms with Crippen molar-refractivity contribution in [3.8, 4) is 11.3 Å². The van der Waals surface area contributed by atoms with Crippen molar-refractivity contribution >= 4 is 22.4 Å². The summed E-state index contributed by atoms with van der Waals surface area (Å²) in [6.07, 6.45) is -4.23. The van der Waals surface area contributed by atoms with E-state index in [1.807, 2.05) is 0 Å². The van der Waals surface area contributed by atoms with Crippen LogP contribution in [0.2, 0.25) is 0 Å². The van der Waals surface area contributed by atoms with Crippen LogP contribution in [-0.4, -0.2) is 66.1 Å². The Kier molecular flexibility index (Phi) is 6.26. The quantitative estimate of drug-likeness (QED) is 0.755. The average Bonchev–Trinajstić information content (AvgIpc) is 3.06. The Hall–Kier alpha value is -2.11. The maximum Gasteiger partial charge on any atom is 0.401 e. The first-order valence-corrected chi connectivity index (χ1v) is 9.30. The number of piperazine rings is 1. The van der Waals surface area contributed by atoms with E-state index in [-0.39, 0.29) is 25.5 Å². The van der Waals surface area contributed by atoms with Gasteiger partial charge in [0.05, 0.1) is 18.8 Å². The van der Waals surface area contributed by atoms with Crippen molar-refractivity contribution in [1.29, 1.82) is 0 Å². The fourth-order valence-corrected chi connectivity index (χ4v) is 3.58. The third-order valence-electron chi connectivity index (χ3n) is 4.20. The Morgan fingerprint density at radius 1 is 1.11 bits per heavy atom. The van der Waals surface area contributed by atoms with Crippen molar-refractivity contribution < 1.29 is 26.7 Å². The zero-order chi connectivity index (χ0) is 20.3. The highest BCUT2D eigenvalue weighted by molar-refractivity contribution is 7.14. The van der Waals surface area contributed by atoms with Crippen LogP contribution in [0, 0.1) is 11.6 Å². The van der Waals surface area contributed by atoms with Crippen LogP contribution in [0.1, 0.15) is 0 Å². The molecule has 0 saturated carbocycles. The molecule has 2 aromatic rings. The molecule has 5 nitrogen and oxygen atoms in total. The average molecular weight is 420 g/mol. The summed E-state index contributed by atoms with van der Waals surface area (Å²) in [5.41, 5.74) is 0.788. The summed E-state index contributed by atoms with van der Waals surface area (Å²) in [4.78, 5) is 19.4. The highest BCUT2D eigenvalue weighted by Crippen LogP contribution is 2.26. The summed E-state index contributed by atoms with van der Waals surface area (Å²) in [7, 11) is 0. The van der Waals surface area contributed by atoms with Gasteiger partial charge in [-0.05, 0) is 18.2 Å². The van der Waals surface area contributed by atoms with Gasteiger partial charge in [0.15, 0.2) is 16.8 Å². The van der Waals surface area contributed by atoms with E-state index < -0.39 is 24.4 Å². The zero-order valence-corrected chi connectivity index (χ0v) is 15.4. The molecule has 152 valence electrons. The Morgan fingerprint density at radius 3 is 2.43 bits per heavy atom. The van der Waals surface area contributed by atoms with E-state index in [2.05, 4.69) is 10.3 Å². The molecule has 0 aliphatic carbocycles. The van der Waals surface area contributed by atoms with Crippen LogP contribution in [-0.2, 0) is 4.79 Å². The Bertz CT molecular complexity index is 833. The van der Waals surface area contributed by atoms with Gasteiger partial charge in [-0.1, -0.05) is 0 Å². The number of aromatic nitrogens is 1. The van der Waals surface area contributed by atoms with Crippen molar-refractivity contribution in [1.82, 2.24) is 14.8 Å². The minimum absolute atomic E-state index is 0.0416. The van der Waals surface area contributed by atoms with Gasteiger partial charge in [-0.2, -0.15) is 13.2 Å². The van der Waals surface area contributed by atoms with E-state index in [9.17, 15) is 26.7 Å². The number of hydrogen-bond acceptors (Lipinski definition) is 5. The molecule has 0 atom stereocenters.